The number of aliphatic imine (C=N–C) groups is 1. The molecule has 2 N–H and O–H groups in total. The van der Waals surface area contributed by atoms with Gasteiger partial charge in [-0.05, 0) is 54.2 Å². The van der Waals surface area contributed by atoms with Crippen molar-refractivity contribution in [2.24, 2.45) is 4.99 Å². The maximum atomic E-state index is 12.6. The molecule has 1 aliphatic rings. The molecule has 0 radical (unpaired) electrons. The molecule has 0 spiro atoms. The summed E-state index contributed by atoms with van der Waals surface area (Å²) in [4.78, 5) is 33.7. The first-order valence-electron chi connectivity index (χ1n) is 12.6. The number of hydrogen-bond acceptors (Lipinski definition) is 4. The minimum Gasteiger partial charge on any atom is -0.325 e. The highest BCUT2D eigenvalue weighted by atomic mass is 16.2. The van der Waals surface area contributed by atoms with Gasteiger partial charge in [0, 0.05) is 36.3 Å². The first kappa shape index (κ1) is 28.1. The van der Waals surface area contributed by atoms with E-state index in [9.17, 15) is 9.59 Å². The van der Waals surface area contributed by atoms with E-state index in [2.05, 4.69) is 55.1 Å². The molecule has 7 heteroatoms. The molecule has 2 aromatic carbocycles. The maximum absolute atomic E-state index is 12.6. The van der Waals surface area contributed by atoms with E-state index in [1.54, 1.807) is 4.90 Å². The monoisotopic (exact) mass is 479 g/mol. The molecule has 3 rings (SSSR count). The van der Waals surface area contributed by atoms with E-state index in [0.29, 0.717) is 36.6 Å². The Morgan fingerprint density at radius 1 is 0.914 bits per heavy atom. The summed E-state index contributed by atoms with van der Waals surface area (Å²) in [5.74, 6) is -0.358. The topological polar surface area (TPSA) is 77.0 Å². The molecule has 0 saturated heterocycles. The summed E-state index contributed by atoms with van der Waals surface area (Å²) in [6.07, 6.45) is -0.995. The third-order valence-corrected chi connectivity index (χ3v) is 6.00. The first-order valence-corrected chi connectivity index (χ1v) is 12.6. The van der Waals surface area contributed by atoms with Crippen LogP contribution in [0, 0.1) is 0 Å². The van der Waals surface area contributed by atoms with Gasteiger partial charge in [-0.15, -0.1) is 0 Å². The molecular formula is C28H41N5O2. The maximum Gasteiger partial charge on any atom is 0.319 e. The number of anilines is 1. The van der Waals surface area contributed by atoms with Gasteiger partial charge in [-0.25, -0.2) is 9.79 Å². The molecule has 2 aromatic rings. The summed E-state index contributed by atoms with van der Waals surface area (Å²) < 4.78 is 0. The van der Waals surface area contributed by atoms with Crippen LogP contribution in [0.1, 0.15) is 59.6 Å². The average Bonchev–Trinajstić information content (AvgIpc) is 2.97. The molecule has 1 unspecified atom stereocenters. The summed E-state index contributed by atoms with van der Waals surface area (Å²) in [7, 11) is 0. The van der Waals surface area contributed by atoms with Gasteiger partial charge in [0.2, 0.25) is 6.17 Å². The van der Waals surface area contributed by atoms with E-state index >= 15 is 0 Å². The minimum atomic E-state index is -0.995. The zero-order valence-electron chi connectivity index (χ0n) is 22.2. The van der Waals surface area contributed by atoms with Crippen molar-refractivity contribution in [1.29, 1.82) is 0 Å². The summed E-state index contributed by atoms with van der Waals surface area (Å²) in [6, 6.07) is 18.2. The fourth-order valence-corrected chi connectivity index (χ4v) is 4.23. The number of para-hydroxylation sites is 1. The van der Waals surface area contributed by atoms with Crippen LogP contribution in [0.5, 0.6) is 0 Å². The molecule has 0 bridgehead atoms. The van der Waals surface area contributed by atoms with Crippen LogP contribution in [0.4, 0.5) is 10.5 Å². The van der Waals surface area contributed by atoms with Gasteiger partial charge in [0.1, 0.15) is 0 Å². The number of benzene rings is 2. The van der Waals surface area contributed by atoms with Crippen molar-refractivity contribution in [3.05, 3.63) is 65.7 Å². The highest BCUT2D eigenvalue weighted by Gasteiger charge is 2.27. The molecule has 35 heavy (non-hydrogen) atoms. The number of nitrogens with zero attached hydrogens (tertiary/aromatic N) is 3. The highest BCUT2D eigenvalue weighted by molar-refractivity contribution is 6.19. The molecule has 1 heterocycles. The van der Waals surface area contributed by atoms with Crippen LogP contribution in [0.2, 0.25) is 0 Å². The Labute approximate surface area is 210 Å². The Morgan fingerprint density at radius 3 is 2.00 bits per heavy atom. The Bertz CT molecular complexity index is 976. The van der Waals surface area contributed by atoms with Gasteiger partial charge >= 0.3 is 6.03 Å². The lowest BCUT2D eigenvalue weighted by atomic mass is 10.0. The van der Waals surface area contributed by atoms with E-state index in [-0.39, 0.29) is 11.9 Å². The Morgan fingerprint density at radius 2 is 1.49 bits per heavy atom. The van der Waals surface area contributed by atoms with Crippen molar-refractivity contribution in [3.63, 3.8) is 0 Å². The fraction of sp³-hybridized carbons (Fsp3) is 0.464. The number of fused-ring (bicyclic) bond motifs is 1. The molecule has 190 valence electrons. The Balaban J connectivity index is 0.000000410. The number of amides is 3. The summed E-state index contributed by atoms with van der Waals surface area (Å²) in [5, 5.41) is 5.60. The standard InChI is InChI=1S/C20H22N4O2.C8H19N/c1-3-24(4-2)20(26)23-18-19(25)21-16-13-9-8-12-15(16)17(22-18)14-10-6-5-7-11-14;1-6-9(7(2)3)8(4)5/h5-13,18H,3-4H2,1-2H3,(H,21,25)(H,23,26);7-8H,6H2,1-5H3. The molecule has 1 aliphatic heterocycles. The molecule has 0 fully saturated rings. The number of nitrogens with one attached hydrogen (secondary N) is 2. The quantitative estimate of drug-likeness (QED) is 0.588. The van der Waals surface area contributed by atoms with Crippen LogP contribution in [0.25, 0.3) is 0 Å². The van der Waals surface area contributed by atoms with Crippen molar-refractivity contribution in [2.75, 3.05) is 25.0 Å². The lowest BCUT2D eigenvalue weighted by molar-refractivity contribution is -0.117. The molecule has 0 aromatic heterocycles. The minimum absolute atomic E-state index is 0.308. The van der Waals surface area contributed by atoms with E-state index in [1.807, 2.05) is 68.4 Å². The molecule has 3 amide bonds. The van der Waals surface area contributed by atoms with Gasteiger partial charge in [-0.3, -0.25) is 9.69 Å². The van der Waals surface area contributed by atoms with Gasteiger partial charge in [0.25, 0.3) is 5.91 Å². The van der Waals surface area contributed by atoms with E-state index in [4.69, 9.17) is 0 Å². The van der Waals surface area contributed by atoms with Crippen LogP contribution in [-0.4, -0.2) is 65.3 Å². The SMILES string of the molecule is CCN(C(C)C)C(C)C.CCN(CC)C(=O)NC1N=C(c2ccccc2)c2ccccc2NC1=O. The second-order valence-electron chi connectivity index (χ2n) is 8.92. The number of carbonyl (C=O) groups is 2. The highest BCUT2D eigenvalue weighted by Crippen LogP contribution is 2.23. The van der Waals surface area contributed by atoms with Crippen molar-refractivity contribution in [1.82, 2.24) is 15.1 Å². The van der Waals surface area contributed by atoms with Crippen LogP contribution in [0.3, 0.4) is 0 Å². The molecule has 1 atom stereocenters. The molecule has 7 nitrogen and oxygen atoms in total. The molecule has 0 aliphatic carbocycles. The summed E-state index contributed by atoms with van der Waals surface area (Å²) in [6.45, 7) is 17.2. The van der Waals surface area contributed by atoms with E-state index in [1.165, 1.54) is 0 Å². The van der Waals surface area contributed by atoms with Crippen molar-refractivity contribution >= 4 is 23.3 Å². The lowest BCUT2D eigenvalue weighted by Gasteiger charge is -2.28. The Hall–Kier alpha value is -3.19. The molecule has 0 saturated carbocycles. The van der Waals surface area contributed by atoms with Gasteiger partial charge < -0.3 is 15.5 Å². The van der Waals surface area contributed by atoms with Crippen LogP contribution >= 0.6 is 0 Å². The van der Waals surface area contributed by atoms with Crippen LogP contribution < -0.4 is 10.6 Å². The zero-order chi connectivity index (χ0) is 26.0. The third kappa shape index (κ3) is 7.65. The normalized spacial score (nSPS) is 15.0. The summed E-state index contributed by atoms with van der Waals surface area (Å²) >= 11 is 0. The number of urea groups is 1. The van der Waals surface area contributed by atoms with Gasteiger partial charge in [-0.2, -0.15) is 0 Å². The fourth-order valence-electron chi connectivity index (χ4n) is 4.23. The number of benzodiazepines with no additional fused rings is 1. The number of rotatable bonds is 7. The second kappa shape index (κ2) is 13.6. The summed E-state index contributed by atoms with van der Waals surface area (Å²) in [5.41, 5.74) is 3.06. The lowest BCUT2D eigenvalue weighted by Crippen LogP contribution is -2.48. The van der Waals surface area contributed by atoms with E-state index < -0.39 is 6.17 Å². The van der Waals surface area contributed by atoms with Gasteiger partial charge in [-0.1, -0.05) is 55.5 Å². The predicted octanol–water partition coefficient (Wildman–Crippen LogP) is 4.98. The third-order valence-electron chi connectivity index (χ3n) is 6.00. The number of hydrogen-bond donors (Lipinski definition) is 2. The number of carbonyl (C=O) groups excluding carboxylic acids is 2. The Kier molecular flexibility index (Phi) is 10.9. The average molecular weight is 480 g/mol. The zero-order valence-corrected chi connectivity index (χ0v) is 22.2. The molecular weight excluding hydrogens is 438 g/mol. The van der Waals surface area contributed by atoms with Gasteiger partial charge in [0.15, 0.2) is 0 Å². The predicted molar refractivity (Wildman–Crippen MR) is 145 cm³/mol. The van der Waals surface area contributed by atoms with Crippen molar-refractivity contribution < 1.29 is 9.59 Å². The smallest absolute Gasteiger partial charge is 0.319 e. The second-order valence-corrected chi connectivity index (χ2v) is 8.92. The van der Waals surface area contributed by atoms with Crippen LogP contribution in [-0.2, 0) is 4.79 Å². The first-order chi connectivity index (χ1) is 16.7. The van der Waals surface area contributed by atoms with Crippen molar-refractivity contribution in [2.45, 2.75) is 66.7 Å². The van der Waals surface area contributed by atoms with Gasteiger partial charge in [0.05, 0.1) is 11.4 Å². The van der Waals surface area contributed by atoms with Crippen molar-refractivity contribution in [3.8, 4) is 0 Å². The van der Waals surface area contributed by atoms with Crippen LogP contribution in [0.15, 0.2) is 59.6 Å². The van der Waals surface area contributed by atoms with E-state index in [0.717, 1.165) is 17.7 Å². The largest absolute Gasteiger partial charge is 0.325 e.